The summed E-state index contributed by atoms with van der Waals surface area (Å²) < 4.78 is 0. The van der Waals surface area contributed by atoms with Crippen molar-refractivity contribution < 1.29 is 0 Å². The quantitative estimate of drug-likeness (QED) is 0.877. The van der Waals surface area contributed by atoms with Gasteiger partial charge in [-0.1, -0.05) is 38.1 Å². The number of pyridine rings is 1. The first-order valence-electron chi connectivity index (χ1n) is 7.36. The molecule has 3 nitrogen and oxygen atoms in total. The van der Waals surface area contributed by atoms with Gasteiger partial charge in [-0.25, -0.2) is 0 Å². The Morgan fingerprint density at radius 1 is 1.20 bits per heavy atom. The van der Waals surface area contributed by atoms with E-state index in [1.807, 2.05) is 18.5 Å². The lowest BCUT2D eigenvalue weighted by Crippen LogP contribution is -2.32. The van der Waals surface area contributed by atoms with Crippen molar-refractivity contribution >= 4 is 10.8 Å². The van der Waals surface area contributed by atoms with Crippen LogP contribution in [0.25, 0.3) is 10.8 Å². The number of rotatable bonds is 6. The van der Waals surface area contributed by atoms with Gasteiger partial charge >= 0.3 is 0 Å². The molecule has 0 aliphatic rings. The molecule has 1 heterocycles. The van der Waals surface area contributed by atoms with Crippen molar-refractivity contribution in [3.63, 3.8) is 0 Å². The van der Waals surface area contributed by atoms with Crippen molar-refractivity contribution in [2.75, 3.05) is 20.1 Å². The molecule has 1 aromatic carbocycles. The summed E-state index contributed by atoms with van der Waals surface area (Å²) in [5, 5.41) is 2.44. The van der Waals surface area contributed by atoms with E-state index in [-0.39, 0.29) is 6.04 Å². The molecule has 0 amide bonds. The maximum atomic E-state index is 6.03. The summed E-state index contributed by atoms with van der Waals surface area (Å²) in [5.74, 6) is 0.710. The Morgan fingerprint density at radius 3 is 2.65 bits per heavy atom. The zero-order chi connectivity index (χ0) is 14.5. The van der Waals surface area contributed by atoms with E-state index in [9.17, 15) is 0 Å². The first-order valence-corrected chi connectivity index (χ1v) is 7.36. The lowest BCUT2D eigenvalue weighted by atomic mass is 10.00. The topological polar surface area (TPSA) is 42.1 Å². The summed E-state index contributed by atoms with van der Waals surface area (Å²) >= 11 is 0. The zero-order valence-corrected chi connectivity index (χ0v) is 12.7. The van der Waals surface area contributed by atoms with Crippen LogP contribution < -0.4 is 5.73 Å². The fraction of sp³-hybridized carbons (Fsp3) is 0.471. The third kappa shape index (κ3) is 3.35. The monoisotopic (exact) mass is 271 g/mol. The van der Waals surface area contributed by atoms with Gasteiger partial charge in [0.05, 0.1) is 0 Å². The predicted octanol–water partition coefficient (Wildman–Crippen LogP) is 3.21. The molecular weight excluding hydrogens is 246 g/mol. The highest BCUT2D eigenvalue weighted by Gasteiger charge is 2.18. The van der Waals surface area contributed by atoms with E-state index in [4.69, 9.17) is 5.73 Å². The van der Waals surface area contributed by atoms with Gasteiger partial charge in [-0.3, -0.25) is 9.88 Å². The van der Waals surface area contributed by atoms with Gasteiger partial charge in [0.1, 0.15) is 0 Å². The highest BCUT2D eigenvalue weighted by Crippen LogP contribution is 2.26. The van der Waals surface area contributed by atoms with Crippen molar-refractivity contribution in [1.29, 1.82) is 0 Å². The molecule has 0 aliphatic carbocycles. The van der Waals surface area contributed by atoms with Gasteiger partial charge < -0.3 is 5.73 Å². The second kappa shape index (κ2) is 6.82. The van der Waals surface area contributed by atoms with Crippen molar-refractivity contribution in [3.8, 4) is 0 Å². The summed E-state index contributed by atoms with van der Waals surface area (Å²) in [6.45, 7) is 6.18. The molecule has 1 atom stereocenters. The van der Waals surface area contributed by atoms with E-state index in [1.54, 1.807) is 0 Å². The molecule has 2 aromatic rings. The minimum atomic E-state index is 0.229. The van der Waals surface area contributed by atoms with Gasteiger partial charge in [-0.2, -0.15) is 0 Å². The van der Waals surface area contributed by atoms with Crippen molar-refractivity contribution in [3.05, 3.63) is 42.2 Å². The first kappa shape index (κ1) is 14.9. The normalized spacial score (nSPS) is 13.3. The lowest BCUT2D eigenvalue weighted by Gasteiger charge is -2.28. The van der Waals surface area contributed by atoms with Gasteiger partial charge in [-0.15, -0.1) is 0 Å². The molecule has 20 heavy (non-hydrogen) atoms. The van der Waals surface area contributed by atoms with Gasteiger partial charge in [0.2, 0.25) is 0 Å². The number of benzene rings is 1. The Kier molecular flexibility index (Phi) is 5.10. The van der Waals surface area contributed by atoms with Crippen LogP contribution in [0.3, 0.4) is 0 Å². The van der Waals surface area contributed by atoms with E-state index in [0.29, 0.717) is 12.5 Å². The van der Waals surface area contributed by atoms with Crippen LogP contribution in [-0.4, -0.2) is 30.0 Å². The summed E-state index contributed by atoms with van der Waals surface area (Å²) in [6.07, 6.45) is 5.07. The van der Waals surface area contributed by atoms with Gasteiger partial charge in [0.25, 0.3) is 0 Å². The molecular formula is C17H25N3. The molecule has 0 aliphatic heterocycles. The molecule has 0 spiro atoms. The molecule has 108 valence electrons. The number of nitrogens with zero attached hydrogens (tertiary/aromatic N) is 2. The van der Waals surface area contributed by atoms with Crippen LogP contribution in [0.4, 0.5) is 0 Å². The molecule has 0 fully saturated rings. The average Bonchev–Trinajstić information content (AvgIpc) is 2.46. The molecule has 3 heteroatoms. The molecule has 0 saturated heterocycles. The first-order chi connectivity index (χ1) is 9.63. The highest BCUT2D eigenvalue weighted by molar-refractivity contribution is 5.85. The molecule has 2 rings (SSSR count). The molecule has 0 bridgehead atoms. The minimum absolute atomic E-state index is 0.229. The van der Waals surface area contributed by atoms with E-state index < -0.39 is 0 Å². The second-order valence-corrected chi connectivity index (χ2v) is 5.86. The number of nitrogens with two attached hydrogens (primary N) is 1. The highest BCUT2D eigenvalue weighted by atomic mass is 15.1. The van der Waals surface area contributed by atoms with Gasteiger partial charge in [-0.05, 0) is 36.9 Å². The molecule has 1 aromatic heterocycles. The van der Waals surface area contributed by atoms with E-state index in [0.717, 1.165) is 6.54 Å². The standard InChI is InChI=1S/C17H25N3/c1-13(2)8-9-20(3)17(10-18)16-12-19-11-14-6-4-5-7-15(14)16/h4-7,11-13,17H,8-10,18H2,1-3H3. The van der Waals surface area contributed by atoms with E-state index in [1.165, 1.54) is 22.8 Å². The average molecular weight is 271 g/mol. The third-order valence-corrected chi connectivity index (χ3v) is 3.87. The molecule has 0 saturated carbocycles. The third-order valence-electron chi connectivity index (χ3n) is 3.87. The van der Waals surface area contributed by atoms with Crippen LogP contribution in [0.2, 0.25) is 0 Å². The van der Waals surface area contributed by atoms with Crippen LogP contribution in [0.15, 0.2) is 36.7 Å². The number of hydrogen-bond acceptors (Lipinski definition) is 3. The van der Waals surface area contributed by atoms with E-state index in [2.05, 4.69) is 49.0 Å². The Balaban J connectivity index is 2.29. The van der Waals surface area contributed by atoms with Crippen LogP contribution >= 0.6 is 0 Å². The van der Waals surface area contributed by atoms with Crippen LogP contribution in [0, 0.1) is 5.92 Å². The number of hydrogen-bond donors (Lipinski definition) is 1. The van der Waals surface area contributed by atoms with Gasteiger partial charge in [0, 0.05) is 30.4 Å². The van der Waals surface area contributed by atoms with Crippen LogP contribution in [0.1, 0.15) is 31.9 Å². The molecule has 1 unspecified atom stereocenters. The smallest absolute Gasteiger partial charge is 0.0488 e. The largest absolute Gasteiger partial charge is 0.329 e. The van der Waals surface area contributed by atoms with Gasteiger partial charge in [0.15, 0.2) is 0 Å². The van der Waals surface area contributed by atoms with E-state index >= 15 is 0 Å². The second-order valence-electron chi connectivity index (χ2n) is 5.86. The summed E-state index contributed by atoms with van der Waals surface area (Å²) in [4.78, 5) is 6.73. The molecule has 0 radical (unpaired) electrons. The number of aromatic nitrogens is 1. The van der Waals surface area contributed by atoms with Crippen molar-refractivity contribution in [2.24, 2.45) is 11.7 Å². The lowest BCUT2D eigenvalue weighted by molar-refractivity contribution is 0.237. The van der Waals surface area contributed by atoms with Crippen molar-refractivity contribution in [1.82, 2.24) is 9.88 Å². The summed E-state index contributed by atoms with van der Waals surface area (Å²) in [6, 6.07) is 8.62. The fourth-order valence-corrected chi connectivity index (χ4v) is 2.57. The minimum Gasteiger partial charge on any atom is -0.329 e. The van der Waals surface area contributed by atoms with Crippen molar-refractivity contribution in [2.45, 2.75) is 26.3 Å². The fourth-order valence-electron chi connectivity index (χ4n) is 2.57. The molecule has 2 N–H and O–H groups in total. The Labute approximate surface area is 121 Å². The predicted molar refractivity (Wildman–Crippen MR) is 85.6 cm³/mol. The SMILES string of the molecule is CC(C)CCN(C)C(CN)c1cncc2ccccc12. The maximum Gasteiger partial charge on any atom is 0.0488 e. The summed E-state index contributed by atoms with van der Waals surface area (Å²) in [7, 11) is 2.15. The Morgan fingerprint density at radius 2 is 1.95 bits per heavy atom. The Hall–Kier alpha value is -1.45. The number of fused-ring (bicyclic) bond motifs is 1. The maximum absolute atomic E-state index is 6.03. The zero-order valence-electron chi connectivity index (χ0n) is 12.7. The summed E-state index contributed by atoms with van der Waals surface area (Å²) in [5.41, 5.74) is 7.27. The van der Waals surface area contributed by atoms with Crippen LogP contribution in [-0.2, 0) is 0 Å². The van der Waals surface area contributed by atoms with Crippen LogP contribution in [0.5, 0.6) is 0 Å². The number of likely N-dealkylation sites (N-methyl/N-ethyl adjacent to an activating group) is 1. The Bertz CT molecular complexity index is 545.